The van der Waals surface area contributed by atoms with Gasteiger partial charge in [0.2, 0.25) is 0 Å². The Morgan fingerprint density at radius 3 is 2.33 bits per heavy atom. The Bertz CT molecular complexity index is 1110. The molecule has 5 heteroatoms. The average molecular weight is 417 g/mol. The second kappa shape index (κ2) is 8.76. The van der Waals surface area contributed by atoms with Crippen LogP contribution in [-0.2, 0) is 11.3 Å². The number of carbonyl (C=O) groups is 2. The van der Waals surface area contributed by atoms with Crippen molar-refractivity contribution in [2.24, 2.45) is 0 Å². The monoisotopic (exact) mass is 416 g/mol. The van der Waals surface area contributed by atoms with Crippen molar-refractivity contribution >= 4 is 45.4 Å². The summed E-state index contributed by atoms with van der Waals surface area (Å²) in [6.45, 7) is 6.43. The van der Waals surface area contributed by atoms with Gasteiger partial charge in [0.05, 0.1) is 11.4 Å². The van der Waals surface area contributed by atoms with Gasteiger partial charge in [0.15, 0.2) is 0 Å². The van der Waals surface area contributed by atoms with Crippen LogP contribution in [0.3, 0.4) is 0 Å². The van der Waals surface area contributed by atoms with Crippen LogP contribution in [0.1, 0.15) is 25.0 Å². The van der Waals surface area contributed by atoms with E-state index in [1.165, 1.54) is 4.90 Å². The van der Waals surface area contributed by atoms with E-state index >= 15 is 0 Å². The summed E-state index contributed by atoms with van der Waals surface area (Å²) >= 11 is 1.01. The van der Waals surface area contributed by atoms with Gasteiger partial charge in [-0.15, -0.1) is 0 Å². The van der Waals surface area contributed by atoms with Crippen molar-refractivity contribution in [1.29, 1.82) is 0 Å². The molecule has 1 aliphatic rings. The fourth-order valence-corrected chi connectivity index (χ4v) is 4.60. The molecule has 1 aliphatic heterocycles. The van der Waals surface area contributed by atoms with Gasteiger partial charge in [0.1, 0.15) is 0 Å². The number of rotatable bonds is 6. The summed E-state index contributed by atoms with van der Waals surface area (Å²) in [6.07, 6.45) is 1.81. The molecule has 0 aromatic heterocycles. The third-order valence-corrected chi connectivity index (χ3v) is 6.31. The molecule has 0 bridgehead atoms. The lowest BCUT2D eigenvalue weighted by atomic mass is 10.0. The number of amides is 2. The van der Waals surface area contributed by atoms with Gasteiger partial charge in [0, 0.05) is 18.8 Å². The predicted molar refractivity (Wildman–Crippen MR) is 125 cm³/mol. The summed E-state index contributed by atoms with van der Waals surface area (Å²) in [5, 5.41) is 1.94. The summed E-state index contributed by atoms with van der Waals surface area (Å²) < 4.78 is 0. The Balaban J connectivity index is 1.55. The van der Waals surface area contributed by atoms with Gasteiger partial charge < -0.3 is 4.90 Å². The highest BCUT2D eigenvalue weighted by atomic mass is 32.2. The lowest BCUT2D eigenvalue weighted by molar-refractivity contribution is -0.123. The zero-order chi connectivity index (χ0) is 21.1. The molecule has 3 aromatic carbocycles. The van der Waals surface area contributed by atoms with E-state index in [-0.39, 0.29) is 17.7 Å². The Kier molecular flexibility index (Phi) is 5.91. The molecule has 2 amide bonds. The van der Waals surface area contributed by atoms with Gasteiger partial charge in [-0.05, 0) is 65.7 Å². The van der Waals surface area contributed by atoms with E-state index in [1.807, 2.05) is 54.6 Å². The van der Waals surface area contributed by atoms with Crippen molar-refractivity contribution in [3.8, 4) is 0 Å². The Hall–Kier alpha value is -3.05. The summed E-state index contributed by atoms with van der Waals surface area (Å²) in [4.78, 5) is 29.6. The highest BCUT2D eigenvalue weighted by molar-refractivity contribution is 8.18. The van der Waals surface area contributed by atoms with Gasteiger partial charge >= 0.3 is 0 Å². The van der Waals surface area contributed by atoms with Crippen LogP contribution in [0.2, 0.25) is 0 Å². The smallest absolute Gasteiger partial charge is 0.293 e. The van der Waals surface area contributed by atoms with Gasteiger partial charge in [-0.1, -0.05) is 54.6 Å². The van der Waals surface area contributed by atoms with Gasteiger partial charge in [-0.25, -0.2) is 0 Å². The van der Waals surface area contributed by atoms with Crippen molar-refractivity contribution in [2.45, 2.75) is 20.4 Å². The number of carbonyl (C=O) groups excluding carboxylic acids is 2. The first kappa shape index (κ1) is 20.2. The summed E-state index contributed by atoms with van der Waals surface area (Å²) in [5.74, 6) is -0.231. The van der Waals surface area contributed by atoms with Crippen LogP contribution in [0.15, 0.2) is 71.6 Å². The van der Waals surface area contributed by atoms with Crippen LogP contribution in [0.25, 0.3) is 16.8 Å². The van der Waals surface area contributed by atoms with Gasteiger partial charge in [-0.3, -0.25) is 14.5 Å². The van der Waals surface area contributed by atoms with E-state index in [2.05, 4.69) is 30.9 Å². The molecule has 0 saturated carbocycles. The molecule has 1 saturated heterocycles. The molecule has 0 spiro atoms. The average Bonchev–Trinajstić information content (AvgIpc) is 3.03. The van der Waals surface area contributed by atoms with Crippen molar-refractivity contribution in [3.63, 3.8) is 0 Å². The second-order valence-corrected chi connectivity index (χ2v) is 8.16. The standard InChI is InChI=1S/C25H24N2O2S/c1-3-26(4-2)21-14-12-18(13-15-21)16-23-24(28)27(25(29)30-23)17-20-10-7-9-19-8-5-6-11-22(19)20/h5-16H,3-4,17H2,1-2H3/b23-16-. The molecular formula is C25H24N2O2S. The zero-order valence-corrected chi connectivity index (χ0v) is 18.0. The van der Waals surface area contributed by atoms with Crippen LogP contribution >= 0.6 is 11.8 Å². The third-order valence-electron chi connectivity index (χ3n) is 5.40. The number of anilines is 1. The molecule has 0 unspecified atom stereocenters. The summed E-state index contributed by atoms with van der Waals surface area (Å²) in [5.41, 5.74) is 3.04. The third kappa shape index (κ3) is 3.98. The fraction of sp³-hybridized carbons (Fsp3) is 0.200. The SMILES string of the molecule is CCN(CC)c1ccc(/C=C2\SC(=O)N(Cc3cccc4ccccc34)C2=O)cc1. The van der Waals surface area contributed by atoms with Crippen LogP contribution < -0.4 is 4.90 Å². The minimum absolute atomic E-state index is 0.223. The van der Waals surface area contributed by atoms with Gasteiger partial charge in [0.25, 0.3) is 11.1 Å². The molecule has 3 aromatic rings. The quantitative estimate of drug-likeness (QED) is 0.468. The molecular weight excluding hydrogens is 392 g/mol. The normalized spacial score (nSPS) is 15.4. The maximum atomic E-state index is 12.9. The Morgan fingerprint density at radius 1 is 0.900 bits per heavy atom. The fourth-order valence-electron chi connectivity index (χ4n) is 3.76. The molecule has 0 radical (unpaired) electrons. The minimum Gasteiger partial charge on any atom is -0.372 e. The maximum absolute atomic E-state index is 12.9. The van der Waals surface area contributed by atoms with Crippen molar-refractivity contribution in [3.05, 3.63) is 82.8 Å². The minimum atomic E-state index is -0.231. The predicted octanol–water partition coefficient (Wildman–Crippen LogP) is 5.92. The lowest BCUT2D eigenvalue weighted by Crippen LogP contribution is -2.27. The van der Waals surface area contributed by atoms with E-state index in [4.69, 9.17) is 0 Å². The van der Waals surface area contributed by atoms with Crippen molar-refractivity contribution in [2.75, 3.05) is 18.0 Å². The molecule has 1 fully saturated rings. The van der Waals surface area contributed by atoms with Crippen LogP contribution in [-0.4, -0.2) is 29.1 Å². The van der Waals surface area contributed by atoms with E-state index < -0.39 is 0 Å². The second-order valence-electron chi connectivity index (χ2n) is 7.17. The van der Waals surface area contributed by atoms with Gasteiger partial charge in [-0.2, -0.15) is 0 Å². The highest BCUT2D eigenvalue weighted by Gasteiger charge is 2.35. The zero-order valence-electron chi connectivity index (χ0n) is 17.2. The Morgan fingerprint density at radius 2 is 1.60 bits per heavy atom. The largest absolute Gasteiger partial charge is 0.372 e. The van der Waals surface area contributed by atoms with E-state index in [1.54, 1.807) is 6.08 Å². The first-order valence-electron chi connectivity index (χ1n) is 10.2. The molecule has 0 N–H and O–H groups in total. The summed E-state index contributed by atoms with van der Waals surface area (Å²) in [7, 11) is 0. The number of hydrogen-bond acceptors (Lipinski definition) is 4. The van der Waals surface area contributed by atoms with E-state index in [0.717, 1.165) is 52.4 Å². The lowest BCUT2D eigenvalue weighted by Gasteiger charge is -2.20. The first-order chi connectivity index (χ1) is 14.6. The number of benzene rings is 3. The highest BCUT2D eigenvalue weighted by Crippen LogP contribution is 2.34. The molecule has 152 valence electrons. The molecule has 0 atom stereocenters. The number of fused-ring (bicyclic) bond motifs is 1. The molecule has 0 aliphatic carbocycles. The number of hydrogen-bond donors (Lipinski definition) is 0. The van der Waals surface area contributed by atoms with Crippen LogP contribution in [0, 0.1) is 0 Å². The summed E-state index contributed by atoms with van der Waals surface area (Å²) in [6, 6.07) is 22.1. The topological polar surface area (TPSA) is 40.6 Å². The molecule has 1 heterocycles. The van der Waals surface area contributed by atoms with E-state index in [0.29, 0.717) is 4.91 Å². The number of nitrogens with zero attached hydrogens (tertiary/aromatic N) is 2. The van der Waals surface area contributed by atoms with Crippen LogP contribution in [0.5, 0.6) is 0 Å². The number of imide groups is 1. The van der Waals surface area contributed by atoms with Crippen LogP contribution in [0.4, 0.5) is 10.5 Å². The molecule has 4 rings (SSSR count). The Labute approximate surface area is 181 Å². The van der Waals surface area contributed by atoms with Crippen molar-refractivity contribution < 1.29 is 9.59 Å². The first-order valence-corrected chi connectivity index (χ1v) is 11.0. The van der Waals surface area contributed by atoms with Crippen molar-refractivity contribution in [1.82, 2.24) is 4.90 Å². The maximum Gasteiger partial charge on any atom is 0.293 e. The number of thioether (sulfide) groups is 1. The molecule has 30 heavy (non-hydrogen) atoms. The molecule has 4 nitrogen and oxygen atoms in total. The van der Waals surface area contributed by atoms with E-state index in [9.17, 15) is 9.59 Å².